The smallest absolute Gasteiger partial charge is 0.418 e. The number of alkyl halides is 3. The van der Waals surface area contributed by atoms with Crippen LogP contribution < -0.4 is 5.73 Å². The van der Waals surface area contributed by atoms with Crippen molar-refractivity contribution in [3.63, 3.8) is 0 Å². The maximum absolute atomic E-state index is 12.7. The van der Waals surface area contributed by atoms with Crippen LogP contribution in [0.25, 0.3) is 0 Å². The summed E-state index contributed by atoms with van der Waals surface area (Å²) in [6.45, 7) is 1.88. The summed E-state index contributed by atoms with van der Waals surface area (Å²) in [5.74, 6) is -2.15. The first-order valence-electron chi connectivity index (χ1n) is 5.97. The minimum Gasteiger partial charge on any atom is -0.481 e. The van der Waals surface area contributed by atoms with E-state index in [0.29, 0.717) is 6.42 Å². The van der Waals surface area contributed by atoms with Gasteiger partial charge in [0.05, 0.1) is 11.5 Å². The molecule has 106 valence electrons. The molecule has 0 aliphatic heterocycles. The fourth-order valence-electron chi connectivity index (χ4n) is 1.95. The highest BCUT2D eigenvalue weighted by molar-refractivity contribution is 5.79. The lowest BCUT2D eigenvalue weighted by molar-refractivity contribution is -0.140. The molecule has 0 aliphatic carbocycles. The van der Waals surface area contributed by atoms with Crippen molar-refractivity contribution in [2.45, 2.75) is 38.3 Å². The summed E-state index contributed by atoms with van der Waals surface area (Å²) >= 11 is 0. The molecule has 19 heavy (non-hydrogen) atoms. The number of hydrogen-bond donors (Lipinski definition) is 2. The van der Waals surface area contributed by atoms with E-state index in [9.17, 15) is 18.0 Å². The van der Waals surface area contributed by atoms with Crippen LogP contribution in [0.1, 0.15) is 43.2 Å². The zero-order valence-electron chi connectivity index (χ0n) is 10.5. The fourth-order valence-corrected chi connectivity index (χ4v) is 1.95. The summed E-state index contributed by atoms with van der Waals surface area (Å²) in [4.78, 5) is 11.2. The van der Waals surface area contributed by atoms with Crippen molar-refractivity contribution in [1.29, 1.82) is 0 Å². The monoisotopic (exact) mass is 275 g/mol. The van der Waals surface area contributed by atoms with Crippen molar-refractivity contribution < 1.29 is 23.1 Å². The molecule has 0 radical (unpaired) electrons. The summed E-state index contributed by atoms with van der Waals surface area (Å²) in [5.41, 5.74) is 4.07. The Labute approximate surface area is 109 Å². The number of anilines is 1. The van der Waals surface area contributed by atoms with E-state index in [1.165, 1.54) is 12.1 Å². The van der Waals surface area contributed by atoms with Gasteiger partial charge in [-0.2, -0.15) is 13.2 Å². The number of unbranched alkanes of at least 4 members (excludes halogenated alkanes) is 1. The van der Waals surface area contributed by atoms with Crippen LogP contribution in [0.3, 0.4) is 0 Å². The number of halogens is 3. The molecule has 1 aromatic carbocycles. The van der Waals surface area contributed by atoms with Crippen molar-refractivity contribution in [2.75, 3.05) is 5.73 Å². The van der Waals surface area contributed by atoms with Gasteiger partial charge in [-0.3, -0.25) is 4.79 Å². The quantitative estimate of drug-likeness (QED) is 0.806. The van der Waals surface area contributed by atoms with Crippen LogP contribution in [0.2, 0.25) is 0 Å². The number of hydrogen-bond acceptors (Lipinski definition) is 2. The number of rotatable bonds is 5. The second-order valence-corrected chi connectivity index (χ2v) is 4.34. The van der Waals surface area contributed by atoms with Gasteiger partial charge in [0.2, 0.25) is 0 Å². The van der Waals surface area contributed by atoms with Crippen molar-refractivity contribution in [2.24, 2.45) is 0 Å². The molecule has 1 aromatic rings. The molecule has 3 nitrogen and oxygen atoms in total. The Morgan fingerprint density at radius 1 is 1.42 bits per heavy atom. The molecule has 0 bridgehead atoms. The van der Waals surface area contributed by atoms with Gasteiger partial charge in [0, 0.05) is 5.69 Å². The van der Waals surface area contributed by atoms with Crippen molar-refractivity contribution >= 4 is 11.7 Å². The van der Waals surface area contributed by atoms with E-state index >= 15 is 0 Å². The van der Waals surface area contributed by atoms with E-state index in [1.54, 1.807) is 0 Å². The van der Waals surface area contributed by atoms with E-state index in [-0.39, 0.29) is 12.0 Å². The van der Waals surface area contributed by atoms with Crippen LogP contribution in [0.5, 0.6) is 0 Å². The van der Waals surface area contributed by atoms with Crippen LogP contribution in [-0.2, 0) is 11.0 Å². The SMILES string of the molecule is CCCCC(C(=O)O)c1cccc(C(F)(F)F)c1N. The number of carboxylic acid groups (broad SMARTS) is 1. The second kappa shape index (κ2) is 5.95. The van der Waals surface area contributed by atoms with Gasteiger partial charge in [0.15, 0.2) is 0 Å². The summed E-state index contributed by atoms with van der Waals surface area (Å²) in [6.07, 6.45) is -2.92. The fraction of sp³-hybridized carbons (Fsp3) is 0.462. The zero-order chi connectivity index (χ0) is 14.6. The van der Waals surface area contributed by atoms with Gasteiger partial charge in [-0.05, 0) is 18.1 Å². The van der Waals surface area contributed by atoms with E-state index < -0.39 is 29.3 Å². The van der Waals surface area contributed by atoms with E-state index in [2.05, 4.69) is 0 Å². The maximum Gasteiger partial charge on any atom is 0.418 e. The first kappa shape index (κ1) is 15.3. The number of carbonyl (C=O) groups is 1. The number of nitrogens with two attached hydrogens (primary N) is 1. The molecule has 3 N–H and O–H groups in total. The topological polar surface area (TPSA) is 63.3 Å². The normalized spacial score (nSPS) is 13.3. The molecule has 0 spiro atoms. The van der Waals surface area contributed by atoms with Gasteiger partial charge >= 0.3 is 12.1 Å². The van der Waals surface area contributed by atoms with E-state index in [4.69, 9.17) is 10.8 Å². The molecular weight excluding hydrogens is 259 g/mol. The molecule has 1 atom stereocenters. The Morgan fingerprint density at radius 2 is 2.05 bits per heavy atom. The molecule has 0 aromatic heterocycles. The van der Waals surface area contributed by atoms with Crippen LogP contribution in [0.15, 0.2) is 18.2 Å². The number of nitrogen functional groups attached to an aromatic ring is 1. The highest BCUT2D eigenvalue weighted by atomic mass is 19.4. The highest BCUT2D eigenvalue weighted by Crippen LogP contribution is 2.38. The van der Waals surface area contributed by atoms with Crippen LogP contribution in [0.4, 0.5) is 18.9 Å². The molecule has 6 heteroatoms. The van der Waals surface area contributed by atoms with Crippen LogP contribution in [-0.4, -0.2) is 11.1 Å². The van der Waals surface area contributed by atoms with Crippen LogP contribution >= 0.6 is 0 Å². The number of aliphatic carboxylic acids is 1. The largest absolute Gasteiger partial charge is 0.481 e. The molecule has 0 amide bonds. The van der Waals surface area contributed by atoms with Gasteiger partial charge in [0.25, 0.3) is 0 Å². The molecular formula is C13H16F3NO2. The first-order chi connectivity index (χ1) is 8.79. The Kier molecular flexibility index (Phi) is 4.80. The first-order valence-corrected chi connectivity index (χ1v) is 5.97. The highest BCUT2D eigenvalue weighted by Gasteiger charge is 2.35. The number of carboxylic acids is 1. The molecule has 1 rings (SSSR count). The van der Waals surface area contributed by atoms with Gasteiger partial charge in [0.1, 0.15) is 0 Å². The van der Waals surface area contributed by atoms with Gasteiger partial charge in [-0.15, -0.1) is 0 Å². The predicted octanol–water partition coefficient (Wildman–Crippen LogP) is 3.65. The van der Waals surface area contributed by atoms with E-state index in [1.807, 2.05) is 6.92 Å². The molecule has 1 unspecified atom stereocenters. The lowest BCUT2D eigenvalue weighted by Gasteiger charge is -2.18. The standard InChI is InChI=1S/C13H16F3NO2/c1-2-3-5-9(12(18)19)8-6-4-7-10(11(8)17)13(14,15)16/h4,6-7,9H,2-3,5,17H2,1H3,(H,18,19). The lowest BCUT2D eigenvalue weighted by atomic mass is 9.90. The Morgan fingerprint density at radius 3 is 2.53 bits per heavy atom. The third-order valence-electron chi connectivity index (χ3n) is 2.97. The zero-order valence-corrected chi connectivity index (χ0v) is 10.5. The second-order valence-electron chi connectivity index (χ2n) is 4.34. The third kappa shape index (κ3) is 3.62. The average Bonchev–Trinajstić information content (AvgIpc) is 2.29. The maximum atomic E-state index is 12.7. The van der Waals surface area contributed by atoms with E-state index in [0.717, 1.165) is 12.5 Å². The van der Waals surface area contributed by atoms with Crippen LogP contribution in [0, 0.1) is 0 Å². The Bertz CT molecular complexity index is 458. The Balaban J connectivity index is 3.21. The average molecular weight is 275 g/mol. The van der Waals surface area contributed by atoms with Crippen molar-refractivity contribution in [3.05, 3.63) is 29.3 Å². The van der Waals surface area contributed by atoms with Gasteiger partial charge < -0.3 is 10.8 Å². The molecule has 0 saturated heterocycles. The number of para-hydroxylation sites is 1. The molecule has 0 fully saturated rings. The summed E-state index contributed by atoms with van der Waals surface area (Å²) < 4.78 is 38.2. The lowest BCUT2D eigenvalue weighted by Crippen LogP contribution is -2.17. The summed E-state index contributed by atoms with van der Waals surface area (Å²) in [5, 5.41) is 9.13. The third-order valence-corrected chi connectivity index (χ3v) is 2.97. The molecule has 0 saturated carbocycles. The minimum absolute atomic E-state index is 0.0378. The summed E-state index contributed by atoms with van der Waals surface area (Å²) in [6, 6.07) is 3.40. The van der Waals surface area contributed by atoms with Gasteiger partial charge in [-0.25, -0.2) is 0 Å². The van der Waals surface area contributed by atoms with Crippen molar-refractivity contribution in [3.8, 4) is 0 Å². The van der Waals surface area contributed by atoms with Crippen molar-refractivity contribution in [1.82, 2.24) is 0 Å². The number of benzene rings is 1. The van der Waals surface area contributed by atoms with Gasteiger partial charge in [-0.1, -0.05) is 31.9 Å². The predicted molar refractivity (Wildman–Crippen MR) is 65.8 cm³/mol. The molecule has 0 aliphatic rings. The minimum atomic E-state index is -4.58. The Hall–Kier alpha value is -1.72. The molecule has 0 heterocycles. The summed E-state index contributed by atoms with van der Waals surface area (Å²) in [7, 11) is 0.